The van der Waals surface area contributed by atoms with E-state index in [-0.39, 0.29) is 5.92 Å². The summed E-state index contributed by atoms with van der Waals surface area (Å²) in [4.78, 5) is 11.8. The molecule has 0 heterocycles. The van der Waals surface area contributed by atoms with Crippen LogP contribution in [0.4, 0.5) is 0 Å². The molecule has 1 aliphatic carbocycles. The number of carbonyl (C=O) groups excluding carboxylic acids is 1. The molecule has 1 fully saturated rings. The summed E-state index contributed by atoms with van der Waals surface area (Å²) in [6, 6.07) is 0. The van der Waals surface area contributed by atoms with E-state index in [0.717, 1.165) is 12.8 Å². The highest BCUT2D eigenvalue weighted by atomic mass is 16.5. The first kappa shape index (κ1) is 13.5. The van der Waals surface area contributed by atoms with Crippen molar-refractivity contribution in [3.8, 4) is 0 Å². The van der Waals surface area contributed by atoms with Crippen molar-refractivity contribution < 1.29 is 14.6 Å². The summed E-state index contributed by atoms with van der Waals surface area (Å²) < 4.78 is 4.99. The van der Waals surface area contributed by atoms with Gasteiger partial charge < -0.3 is 9.84 Å². The molecule has 1 rings (SSSR count). The lowest BCUT2D eigenvalue weighted by Gasteiger charge is -2.34. The molecule has 0 amide bonds. The summed E-state index contributed by atoms with van der Waals surface area (Å²) in [7, 11) is 0. The smallest absolute Gasteiger partial charge is 0.338 e. The normalized spacial score (nSPS) is 22.8. The van der Waals surface area contributed by atoms with Gasteiger partial charge in [-0.2, -0.15) is 0 Å². The molecular formula is C13H24O3. The van der Waals surface area contributed by atoms with Crippen molar-refractivity contribution >= 4 is 5.97 Å². The Morgan fingerprint density at radius 3 is 2.44 bits per heavy atom. The van der Waals surface area contributed by atoms with Crippen LogP contribution in [0.2, 0.25) is 0 Å². The molecule has 2 atom stereocenters. The number of esters is 1. The van der Waals surface area contributed by atoms with E-state index in [1.54, 1.807) is 6.92 Å². The molecule has 3 nitrogen and oxygen atoms in total. The molecule has 0 aromatic rings. The molecule has 0 aliphatic heterocycles. The maximum atomic E-state index is 11.8. The van der Waals surface area contributed by atoms with E-state index in [4.69, 9.17) is 4.74 Å². The summed E-state index contributed by atoms with van der Waals surface area (Å²) in [5.74, 6) is 0.0188. The zero-order chi connectivity index (χ0) is 12.2. The first-order valence-electron chi connectivity index (χ1n) is 6.45. The molecule has 0 aromatic heterocycles. The monoisotopic (exact) mass is 228 g/mol. The van der Waals surface area contributed by atoms with Crippen LogP contribution in [-0.4, -0.2) is 23.3 Å². The van der Waals surface area contributed by atoms with Gasteiger partial charge in [-0.1, -0.05) is 39.5 Å². The zero-order valence-corrected chi connectivity index (χ0v) is 10.7. The van der Waals surface area contributed by atoms with Crippen molar-refractivity contribution in [3.63, 3.8) is 0 Å². The van der Waals surface area contributed by atoms with Gasteiger partial charge >= 0.3 is 5.97 Å². The second kappa shape index (κ2) is 5.67. The highest BCUT2D eigenvalue weighted by Gasteiger charge is 2.45. The largest absolute Gasteiger partial charge is 0.464 e. The van der Waals surface area contributed by atoms with Crippen LogP contribution in [0.3, 0.4) is 0 Å². The van der Waals surface area contributed by atoms with Crippen molar-refractivity contribution in [2.75, 3.05) is 6.61 Å². The number of hydrogen-bond donors (Lipinski definition) is 1. The lowest BCUT2D eigenvalue weighted by atomic mass is 9.77. The van der Waals surface area contributed by atoms with E-state index < -0.39 is 11.6 Å². The van der Waals surface area contributed by atoms with Crippen molar-refractivity contribution in [3.05, 3.63) is 0 Å². The molecular weight excluding hydrogens is 204 g/mol. The van der Waals surface area contributed by atoms with E-state index in [1.807, 2.05) is 13.8 Å². The Bertz CT molecular complexity index is 233. The maximum absolute atomic E-state index is 11.8. The van der Waals surface area contributed by atoms with Crippen molar-refractivity contribution in [1.29, 1.82) is 0 Å². The standard InChI is InChI=1S/C13H24O3/c1-4-13(15,12(14)16-5-2)10(3)11-8-6-7-9-11/h10-11,15H,4-9H2,1-3H3. The van der Waals surface area contributed by atoms with E-state index in [0.29, 0.717) is 18.9 Å². The minimum atomic E-state index is -1.29. The SMILES string of the molecule is CCOC(=O)C(O)(CC)C(C)C1CCCC1. The van der Waals surface area contributed by atoms with Crippen molar-refractivity contribution in [1.82, 2.24) is 0 Å². The number of hydrogen-bond acceptors (Lipinski definition) is 3. The van der Waals surface area contributed by atoms with Crippen LogP contribution >= 0.6 is 0 Å². The second-order valence-corrected chi connectivity index (χ2v) is 4.83. The number of ether oxygens (including phenoxy) is 1. The van der Waals surface area contributed by atoms with Gasteiger partial charge in [-0.15, -0.1) is 0 Å². The van der Waals surface area contributed by atoms with E-state index in [2.05, 4.69) is 0 Å². The molecule has 94 valence electrons. The third-order valence-electron chi connectivity index (χ3n) is 4.03. The predicted molar refractivity (Wildman–Crippen MR) is 63.0 cm³/mol. The molecule has 2 unspecified atom stereocenters. The average molecular weight is 228 g/mol. The van der Waals surface area contributed by atoms with Crippen LogP contribution < -0.4 is 0 Å². The van der Waals surface area contributed by atoms with Crippen molar-refractivity contribution in [2.45, 2.75) is 58.5 Å². The van der Waals surface area contributed by atoms with Gasteiger partial charge in [0, 0.05) is 0 Å². The molecule has 0 aromatic carbocycles. The van der Waals surface area contributed by atoms with Gasteiger partial charge in [0.1, 0.15) is 0 Å². The topological polar surface area (TPSA) is 46.5 Å². The lowest BCUT2D eigenvalue weighted by Crippen LogP contribution is -2.47. The Balaban J connectivity index is 2.72. The van der Waals surface area contributed by atoms with E-state index in [1.165, 1.54) is 12.8 Å². The van der Waals surface area contributed by atoms with Crippen LogP contribution in [-0.2, 0) is 9.53 Å². The summed E-state index contributed by atoms with van der Waals surface area (Å²) in [5.41, 5.74) is -1.29. The van der Waals surface area contributed by atoms with E-state index in [9.17, 15) is 9.90 Å². The minimum Gasteiger partial charge on any atom is -0.464 e. The van der Waals surface area contributed by atoms with Crippen LogP contribution in [0, 0.1) is 11.8 Å². The van der Waals surface area contributed by atoms with Crippen LogP contribution in [0.15, 0.2) is 0 Å². The third kappa shape index (κ3) is 2.57. The van der Waals surface area contributed by atoms with Crippen molar-refractivity contribution in [2.24, 2.45) is 11.8 Å². The Morgan fingerprint density at radius 2 is 2.00 bits per heavy atom. The van der Waals surface area contributed by atoms with E-state index >= 15 is 0 Å². The average Bonchev–Trinajstić information content (AvgIpc) is 2.80. The Morgan fingerprint density at radius 1 is 1.44 bits per heavy atom. The molecule has 16 heavy (non-hydrogen) atoms. The Hall–Kier alpha value is -0.570. The van der Waals surface area contributed by atoms with Gasteiger partial charge in [0.2, 0.25) is 0 Å². The summed E-state index contributed by atoms with van der Waals surface area (Å²) in [5, 5.41) is 10.5. The summed E-state index contributed by atoms with van der Waals surface area (Å²) in [6.07, 6.45) is 5.13. The fourth-order valence-corrected chi connectivity index (χ4v) is 2.76. The number of rotatable bonds is 5. The van der Waals surface area contributed by atoms with Gasteiger partial charge in [0.25, 0.3) is 0 Å². The van der Waals surface area contributed by atoms with Crippen LogP contribution in [0.25, 0.3) is 0 Å². The molecule has 1 saturated carbocycles. The molecule has 1 N–H and O–H groups in total. The second-order valence-electron chi connectivity index (χ2n) is 4.83. The van der Waals surface area contributed by atoms with Crippen LogP contribution in [0.5, 0.6) is 0 Å². The molecule has 0 saturated heterocycles. The van der Waals surface area contributed by atoms with Gasteiger partial charge in [-0.3, -0.25) is 0 Å². The predicted octanol–water partition coefficient (Wildman–Crippen LogP) is 2.52. The Labute approximate surface area is 98.2 Å². The maximum Gasteiger partial charge on any atom is 0.338 e. The minimum absolute atomic E-state index is 0.000880. The van der Waals surface area contributed by atoms with Crippen LogP contribution in [0.1, 0.15) is 52.9 Å². The zero-order valence-electron chi connectivity index (χ0n) is 10.7. The fraction of sp³-hybridized carbons (Fsp3) is 0.923. The molecule has 1 aliphatic rings. The first-order chi connectivity index (χ1) is 7.56. The third-order valence-corrected chi connectivity index (χ3v) is 4.03. The lowest BCUT2D eigenvalue weighted by molar-refractivity contribution is -0.173. The van der Waals surface area contributed by atoms with Gasteiger partial charge in [-0.05, 0) is 25.2 Å². The Kier molecular flexibility index (Phi) is 4.78. The molecule has 0 spiro atoms. The highest BCUT2D eigenvalue weighted by Crippen LogP contribution is 2.38. The fourth-order valence-electron chi connectivity index (χ4n) is 2.76. The molecule has 0 bridgehead atoms. The summed E-state index contributed by atoms with van der Waals surface area (Å²) >= 11 is 0. The number of carbonyl (C=O) groups is 1. The number of aliphatic hydroxyl groups is 1. The van der Waals surface area contributed by atoms with Gasteiger partial charge in [0.15, 0.2) is 5.60 Å². The quantitative estimate of drug-likeness (QED) is 0.735. The first-order valence-corrected chi connectivity index (χ1v) is 6.45. The van der Waals surface area contributed by atoms with Gasteiger partial charge in [-0.25, -0.2) is 4.79 Å². The molecule has 0 radical (unpaired) electrons. The molecule has 3 heteroatoms. The highest BCUT2D eigenvalue weighted by molar-refractivity contribution is 5.79. The summed E-state index contributed by atoms with van der Waals surface area (Å²) in [6.45, 7) is 5.94. The van der Waals surface area contributed by atoms with Gasteiger partial charge in [0.05, 0.1) is 6.61 Å².